The molecular formula is C40H42Cl2Zr. The summed E-state index contributed by atoms with van der Waals surface area (Å²) in [6.07, 6.45) is 5.20. The van der Waals surface area contributed by atoms with Crippen molar-refractivity contribution in [1.29, 1.82) is 0 Å². The summed E-state index contributed by atoms with van der Waals surface area (Å²) in [5.41, 5.74) is 24.1. The van der Waals surface area contributed by atoms with Crippen LogP contribution in [0.25, 0.3) is 34.4 Å². The Morgan fingerprint density at radius 3 is 1.21 bits per heavy atom. The average molecular weight is 685 g/mol. The van der Waals surface area contributed by atoms with Crippen LogP contribution < -0.4 is 24.8 Å². The molecule has 43 heavy (non-hydrogen) atoms. The van der Waals surface area contributed by atoms with E-state index in [4.69, 9.17) is 0 Å². The number of fused-ring (bicyclic) bond motifs is 2. The molecule has 1 aliphatic heterocycles. The van der Waals surface area contributed by atoms with E-state index in [-0.39, 0.29) is 24.8 Å². The molecule has 4 aromatic rings. The van der Waals surface area contributed by atoms with Crippen LogP contribution >= 0.6 is 0 Å². The van der Waals surface area contributed by atoms with E-state index >= 15 is 0 Å². The molecule has 2 unspecified atom stereocenters. The molecule has 0 bridgehead atoms. The standard InChI is InChI=1S/2C19H19.C2H4.2ClH.Zr/c2*1-12-9-17-15(4)14(3)11-19(18(17)10-12)16-8-6-5-7-13(16)2;1-2;;;/h2*5-11H,1-4H3;1-2H2;2*1H;/q;;;;;+2/p-2. The summed E-state index contributed by atoms with van der Waals surface area (Å²) in [6, 6.07) is 22.9. The van der Waals surface area contributed by atoms with Crippen molar-refractivity contribution >= 4 is 12.2 Å². The topological polar surface area (TPSA) is 0 Å². The summed E-state index contributed by atoms with van der Waals surface area (Å²) in [6.45, 7) is 19.0. The molecule has 1 saturated heterocycles. The van der Waals surface area contributed by atoms with Crippen LogP contribution in [0.15, 0.2) is 71.8 Å². The molecule has 2 atom stereocenters. The number of halogens is 2. The van der Waals surface area contributed by atoms with Gasteiger partial charge in [-0.1, -0.05) is 0 Å². The van der Waals surface area contributed by atoms with Gasteiger partial charge < -0.3 is 24.8 Å². The fourth-order valence-corrected chi connectivity index (χ4v) is 26.7. The van der Waals surface area contributed by atoms with E-state index in [1.54, 1.807) is 33.4 Å². The monoisotopic (exact) mass is 682 g/mol. The second-order valence-electron chi connectivity index (χ2n) is 13.4. The number of allylic oxidation sites excluding steroid dienone is 2. The van der Waals surface area contributed by atoms with Gasteiger partial charge in [0.05, 0.1) is 0 Å². The number of hydrogen-bond donors (Lipinski definition) is 0. The van der Waals surface area contributed by atoms with Crippen LogP contribution in [0.4, 0.5) is 0 Å². The van der Waals surface area contributed by atoms with Crippen LogP contribution in [0, 0.1) is 41.5 Å². The quantitative estimate of drug-likeness (QED) is 0.267. The average Bonchev–Trinajstić information content (AvgIpc) is 3.52. The zero-order valence-corrected chi connectivity index (χ0v) is 30.7. The van der Waals surface area contributed by atoms with Gasteiger partial charge in [-0.05, 0) is 0 Å². The third kappa shape index (κ3) is 4.81. The van der Waals surface area contributed by atoms with Gasteiger partial charge in [0.15, 0.2) is 0 Å². The van der Waals surface area contributed by atoms with E-state index in [1.165, 1.54) is 63.9 Å². The molecule has 0 spiro atoms. The largest absolute Gasteiger partial charge is 1.00 e. The number of benzene rings is 4. The summed E-state index contributed by atoms with van der Waals surface area (Å²) < 4.78 is 4.34. The minimum Gasteiger partial charge on any atom is -1.00 e. The predicted molar refractivity (Wildman–Crippen MR) is 175 cm³/mol. The van der Waals surface area contributed by atoms with E-state index in [0.717, 1.165) is 0 Å². The second-order valence-corrected chi connectivity index (χ2v) is 24.8. The Kier molecular flexibility index (Phi) is 8.72. The Balaban J connectivity index is 0.00000184. The minimum absolute atomic E-state index is 0. The van der Waals surface area contributed by atoms with Crippen LogP contribution in [0.1, 0.15) is 76.7 Å². The molecule has 0 nitrogen and oxygen atoms in total. The zero-order valence-electron chi connectivity index (χ0n) is 26.8. The number of hydrogen-bond acceptors (Lipinski definition) is 0. The van der Waals surface area contributed by atoms with Gasteiger partial charge in [-0.25, -0.2) is 0 Å². The third-order valence-corrected chi connectivity index (χ3v) is 24.3. The number of rotatable bonds is 4. The van der Waals surface area contributed by atoms with Crippen LogP contribution in [0.2, 0.25) is 8.26 Å². The molecule has 1 heterocycles. The van der Waals surface area contributed by atoms with Crippen molar-refractivity contribution in [2.75, 3.05) is 0 Å². The van der Waals surface area contributed by atoms with E-state index in [9.17, 15) is 0 Å². The molecule has 0 radical (unpaired) electrons. The van der Waals surface area contributed by atoms with Crippen molar-refractivity contribution in [3.63, 3.8) is 0 Å². The van der Waals surface area contributed by atoms with Crippen molar-refractivity contribution in [3.05, 3.63) is 127 Å². The van der Waals surface area contributed by atoms with E-state index < -0.39 is 20.3 Å². The predicted octanol–water partition coefficient (Wildman–Crippen LogP) is 5.50. The molecule has 0 amide bonds. The fraction of sp³-hybridized carbons (Fsp3) is 0.300. The first kappa shape index (κ1) is 32.2. The minimum atomic E-state index is -2.75. The number of aryl methyl sites for hydroxylation is 4. The molecule has 0 saturated carbocycles. The van der Waals surface area contributed by atoms with Gasteiger partial charge >= 0.3 is 253 Å². The SMILES string of the molecule is CC1=Cc2c(-c3ccccc3C)cc(C)c(C)c2[CH]1[Zr+2]1([CH]2C(C)=Cc3c(-c4ccccc4C)cc(C)c(C)c32)[CH2][CH2]1.[Cl-].[Cl-]. The summed E-state index contributed by atoms with van der Waals surface area (Å²) in [7, 11) is 0. The molecular weight excluding hydrogens is 643 g/mol. The van der Waals surface area contributed by atoms with Crippen molar-refractivity contribution in [2.24, 2.45) is 0 Å². The maximum Gasteiger partial charge on any atom is -1.00 e. The summed E-state index contributed by atoms with van der Waals surface area (Å²) >= 11 is -2.75. The molecule has 2 aliphatic carbocycles. The molecule has 7 rings (SSSR count). The molecule has 0 N–H and O–H groups in total. The van der Waals surface area contributed by atoms with Gasteiger partial charge in [-0.15, -0.1) is 0 Å². The first-order valence-electron chi connectivity index (χ1n) is 15.4. The van der Waals surface area contributed by atoms with Crippen molar-refractivity contribution in [2.45, 2.75) is 70.9 Å². The van der Waals surface area contributed by atoms with Crippen molar-refractivity contribution in [1.82, 2.24) is 0 Å². The Labute approximate surface area is 275 Å². The van der Waals surface area contributed by atoms with E-state index in [1.807, 2.05) is 0 Å². The van der Waals surface area contributed by atoms with Crippen LogP contribution in [0.5, 0.6) is 0 Å². The summed E-state index contributed by atoms with van der Waals surface area (Å²) in [5, 5.41) is 0. The van der Waals surface area contributed by atoms with Crippen LogP contribution in [-0.2, 0) is 20.3 Å². The van der Waals surface area contributed by atoms with Crippen LogP contribution in [-0.4, -0.2) is 0 Å². The first-order valence-corrected chi connectivity index (χ1v) is 21.7. The maximum absolute atomic E-state index is 2.75. The van der Waals surface area contributed by atoms with Gasteiger partial charge in [-0.2, -0.15) is 0 Å². The molecule has 3 heteroatoms. The summed E-state index contributed by atoms with van der Waals surface area (Å²) in [4.78, 5) is 0. The van der Waals surface area contributed by atoms with Crippen molar-refractivity contribution in [3.8, 4) is 22.3 Å². The summed E-state index contributed by atoms with van der Waals surface area (Å²) in [5.74, 6) is 0. The molecule has 220 valence electrons. The van der Waals surface area contributed by atoms with Crippen LogP contribution in [0.3, 0.4) is 0 Å². The maximum atomic E-state index is 2.60. The third-order valence-electron chi connectivity index (χ3n) is 11.0. The smallest absolute Gasteiger partial charge is 1.00 e. The van der Waals surface area contributed by atoms with Gasteiger partial charge in [0.25, 0.3) is 0 Å². The second kappa shape index (κ2) is 11.6. The van der Waals surface area contributed by atoms with Gasteiger partial charge in [0, 0.05) is 0 Å². The Morgan fingerprint density at radius 1 is 0.488 bits per heavy atom. The Bertz CT molecular complexity index is 1710. The molecule has 4 aromatic carbocycles. The Hall–Kier alpha value is -2.18. The first-order chi connectivity index (χ1) is 19.6. The normalized spacial score (nSPS) is 18.3. The van der Waals surface area contributed by atoms with Gasteiger partial charge in [-0.3, -0.25) is 0 Å². The molecule has 3 aliphatic rings. The zero-order chi connectivity index (χ0) is 28.8. The van der Waals surface area contributed by atoms with Gasteiger partial charge in [0.2, 0.25) is 0 Å². The molecule has 0 aromatic heterocycles. The van der Waals surface area contributed by atoms with E-state index in [2.05, 4.69) is 128 Å². The van der Waals surface area contributed by atoms with Crippen molar-refractivity contribution < 1.29 is 45.1 Å². The Morgan fingerprint density at radius 2 is 0.860 bits per heavy atom. The molecule has 1 fully saturated rings. The van der Waals surface area contributed by atoms with E-state index in [0.29, 0.717) is 7.25 Å². The fourth-order valence-electron chi connectivity index (χ4n) is 8.62. The van der Waals surface area contributed by atoms with Gasteiger partial charge in [0.1, 0.15) is 0 Å².